The second-order valence-electron chi connectivity index (χ2n) is 5.85. The van der Waals surface area contributed by atoms with Gasteiger partial charge in [0, 0.05) is 10.9 Å². The van der Waals surface area contributed by atoms with Gasteiger partial charge < -0.3 is 0 Å². The number of alkyl halides is 3. The molecule has 6 nitrogen and oxygen atoms in total. The Morgan fingerprint density at radius 3 is 2.44 bits per heavy atom. The van der Waals surface area contributed by atoms with Crippen LogP contribution in [0.25, 0.3) is 5.69 Å². The van der Waals surface area contributed by atoms with Crippen molar-refractivity contribution in [1.82, 2.24) is 20.0 Å². The van der Waals surface area contributed by atoms with Gasteiger partial charge in [0.2, 0.25) is 5.13 Å². The van der Waals surface area contributed by atoms with Gasteiger partial charge in [-0.3, -0.25) is 10.1 Å². The van der Waals surface area contributed by atoms with Crippen molar-refractivity contribution in [3.05, 3.63) is 51.7 Å². The maximum absolute atomic E-state index is 13.6. The molecule has 0 fully saturated rings. The molecule has 0 bridgehead atoms. The van der Waals surface area contributed by atoms with Crippen LogP contribution < -0.4 is 5.32 Å². The van der Waals surface area contributed by atoms with Gasteiger partial charge >= 0.3 is 6.18 Å². The molecule has 27 heavy (non-hydrogen) atoms. The van der Waals surface area contributed by atoms with Crippen molar-refractivity contribution >= 4 is 34.0 Å². The normalized spacial score (nSPS) is 11.8. The SMILES string of the molecule is CC(C)c1nnc(NC(=O)c2cnn(-c3ccc(Cl)cc3)c2C(F)(F)F)s1. The Labute approximate surface area is 161 Å². The summed E-state index contributed by atoms with van der Waals surface area (Å²) in [5, 5.41) is 14.9. The summed E-state index contributed by atoms with van der Waals surface area (Å²) >= 11 is 6.88. The highest BCUT2D eigenvalue weighted by atomic mass is 35.5. The number of halogens is 4. The molecule has 0 saturated carbocycles. The number of benzene rings is 1. The third-order valence-electron chi connectivity index (χ3n) is 3.51. The van der Waals surface area contributed by atoms with Crippen LogP contribution in [0.15, 0.2) is 30.5 Å². The number of rotatable bonds is 4. The lowest BCUT2D eigenvalue weighted by Crippen LogP contribution is -2.20. The summed E-state index contributed by atoms with van der Waals surface area (Å²) in [5.41, 5.74) is -1.67. The highest BCUT2D eigenvalue weighted by Gasteiger charge is 2.40. The molecule has 0 aliphatic heterocycles. The average Bonchev–Trinajstić information content (AvgIpc) is 3.22. The van der Waals surface area contributed by atoms with Gasteiger partial charge in [0.25, 0.3) is 5.91 Å². The third-order valence-corrected chi connectivity index (χ3v) is 4.90. The van der Waals surface area contributed by atoms with Crippen LogP contribution in [0.1, 0.15) is 40.8 Å². The monoisotopic (exact) mass is 415 g/mol. The van der Waals surface area contributed by atoms with E-state index < -0.39 is 23.3 Å². The molecule has 0 atom stereocenters. The topological polar surface area (TPSA) is 72.7 Å². The molecule has 0 aliphatic rings. The van der Waals surface area contributed by atoms with E-state index in [2.05, 4.69) is 20.6 Å². The smallest absolute Gasteiger partial charge is 0.296 e. The minimum Gasteiger partial charge on any atom is -0.296 e. The Kier molecular flexibility index (Phi) is 5.20. The minimum absolute atomic E-state index is 0.0894. The summed E-state index contributed by atoms with van der Waals surface area (Å²) in [4.78, 5) is 12.4. The van der Waals surface area contributed by atoms with Crippen molar-refractivity contribution < 1.29 is 18.0 Å². The Morgan fingerprint density at radius 2 is 1.89 bits per heavy atom. The number of hydrogen-bond donors (Lipinski definition) is 1. The maximum atomic E-state index is 13.6. The number of carbonyl (C=O) groups excluding carboxylic acids is 1. The zero-order valence-electron chi connectivity index (χ0n) is 14.1. The van der Waals surface area contributed by atoms with Crippen molar-refractivity contribution in [1.29, 1.82) is 0 Å². The molecule has 142 valence electrons. The fourth-order valence-electron chi connectivity index (χ4n) is 2.25. The molecule has 0 aliphatic carbocycles. The molecule has 1 N–H and O–H groups in total. The first kappa shape index (κ1) is 19.3. The fraction of sp³-hybridized carbons (Fsp3) is 0.250. The van der Waals surface area contributed by atoms with Gasteiger partial charge in [0.05, 0.1) is 17.4 Å². The number of amides is 1. The highest BCUT2D eigenvalue weighted by molar-refractivity contribution is 7.15. The molecule has 2 heterocycles. The van der Waals surface area contributed by atoms with Gasteiger partial charge in [-0.05, 0) is 24.3 Å². The van der Waals surface area contributed by atoms with Gasteiger partial charge in [0.15, 0.2) is 5.69 Å². The number of hydrogen-bond acceptors (Lipinski definition) is 5. The summed E-state index contributed by atoms with van der Waals surface area (Å²) in [6.45, 7) is 3.79. The van der Waals surface area contributed by atoms with Crippen molar-refractivity contribution in [2.45, 2.75) is 25.9 Å². The molecular weight excluding hydrogens is 403 g/mol. The lowest BCUT2D eigenvalue weighted by Gasteiger charge is -2.12. The van der Waals surface area contributed by atoms with Gasteiger partial charge in [-0.15, -0.1) is 10.2 Å². The second-order valence-corrected chi connectivity index (χ2v) is 7.29. The van der Waals surface area contributed by atoms with Crippen LogP contribution in [0.4, 0.5) is 18.3 Å². The third kappa shape index (κ3) is 4.11. The summed E-state index contributed by atoms with van der Waals surface area (Å²) in [6, 6.07) is 5.64. The van der Waals surface area contributed by atoms with Crippen molar-refractivity contribution in [3.63, 3.8) is 0 Å². The largest absolute Gasteiger partial charge is 0.434 e. The van der Waals surface area contributed by atoms with Crippen LogP contribution in [-0.2, 0) is 6.18 Å². The Balaban J connectivity index is 1.97. The zero-order valence-corrected chi connectivity index (χ0v) is 15.7. The lowest BCUT2D eigenvalue weighted by atomic mass is 10.2. The molecule has 3 aromatic rings. The van der Waals surface area contributed by atoms with Crippen molar-refractivity contribution in [2.75, 3.05) is 5.32 Å². The molecule has 11 heteroatoms. The fourth-order valence-corrected chi connectivity index (χ4v) is 3.12. The number of anilines is 1. The highest BCUT2D eigenvalue weighted by Crippen LogP contribution is 2.34. The van der Waals surface area contributed by atoms with Crippen LogP contribution >= 0.6 is 22.9 Å². The van der Waals surface area contributed by atoms with Gasteiger partial charge in [-0.2, -0.15) is 18.3 Å². The van der Waals surface area contributed by atoms with E-state index in [4.69, 9.17) is 11.6 Å². The number of nitrogens with one attached hydrogen (secondary N) is 1. The van der Waals surface area contributed by atoms with E-state index >= 15 is 0 Å². The van der Waals surface area contributed by atoms with Crippen LogP contribution in [-0.4, -0.2) is 25.9 Å². The number of carbonyl (C=O) groups is 1. The average molecular weight is 416 g/mol. The van der Waals surface area contributed by atoms with Crippen molar-refractivity contribution in [3.8, 4) is 5.69 Å². The molecular formula is C16H13ClF3N5OS. The molecule has 1 aromatic carbocycles. The quantitative estimate of drug-likeness (QED) is 0.666. The predicted molar refractivity (Wildman–Crippen MR) is 95.5 cm³/mol. The molecule has 1 amide bonds. The van der Waals surface area contributed by atoms with Crippen LogP contribution in [0, 0.1) is 0 Å². The molecule has 0 spiro atoms. The van der Waals surface area contributed by atoms with E-state index in [-0.39, 0.29) is 16.7 Å². The van der Waals surface area contributed by atoms with Crippen LogP contribution in [0.2, 0.25) is 5.02 Å². The standard InChI is InChI=1S/C16H13ClF3N5OS/c1-8(2)14-23-24-15(27-14)22-13(26)11-7-21-25(12(11)16(18,19)20)10-5-3-9(17)4-6-10/h3-8H,1-2H3,(H,22,24,26). The number of aromatic nitrogens is 4. The van der Waals surface area contributed by atoms with E-state index in [0.29, 0.717) is 14.7 Å². The van der Waals surface area contributed by atoms with E-state index in [0.717, 1.165) is 17.5 Å². The van der Waals surface area contributed by atoms with Gasteiger partial charge in [-0.25, -0.2) is 4.68 Å². The molecule has 3 rings (SSSR count). The van der Waals surface area contributed by atoms with E-state index in [1.165, 1.54) is 24.3 Å². The van der Waals surface area contributed by atoms with Crippen LogP contribution in [0.5, 0.6) is 0 Å². The van der Waals surface area contributed by atoms with E-state index in [9.17, 15) is 18.0 Å². The summed E-state index contributed by atoms with van der Waals surface area (Å²) < 4.78 is 41.5. The predicted octanol–water partition coefficient (Wildman–Crippen LogP) is 4.77. The van der Waals surface area contributed by atoms with Crippen LogP contribution in [0.3, 0.4) is 0 Å². The minimum atomic E-state index is -4.80. The first-order valence-corrected chi connectivity index (χ1v) is 8.92. The second kappa shape index (κ2) is 7.28. The molecule has 2 aromatic heterocycles. The Hall–Kier alpha value is -2.46. The van der Waals surface area contributed by atoms with Gasteiger partial charge in [-0.1, -0.05) is 36.8 Å². The van der Waals surface area contributed by atoms with Crippen molar-refractivity contribution in [2.24, 2.45) is 0 Å². The summed E-state index contributed by atoms with van der Waals surface area (Å²) in [7, 11) is 0. The zero-order chi connectivity index (χ0) is 19.8. The maximum Gasteiger partial charge on any atom is 0.434 e. The first-order valence-electron chi connectivity index (χ1n) is 7.72. The summed E-state index contributed by atoms with van der Waals surface area (Å²) in [5.74, 6) is -0.875. The van der Waals surface area contributed by atoms with Gasteiger partial charge in [0.1, 0.15) is 5.01 Å². The molecule has 0 unspecified atom stereocenters. The van der Waals surface area contributed by atoms with E-state index in [1.54, 1.807) is 0 Å². The lowest BCUT2D eigenvalue weighted by molar-refractivity contribution is -0.143. The number of nitrogens with zero attached hydrogens (tertiary/aromatic N) is 4. The Morgan fingerprint density at radius 1 is 1.22 bits per heavy atom. The van der Waals surface area contributed by atoms with E-state index in [1.807, 2.05) is 13.8 Å². The molecule has 0 radical (unpaired) electrons. The Bertz CT molecular complexity index is 965. The first-order chi connectivity index (χ1) is 12.7. The summed E-state index contributed by atoms with van der Waals surface area (Å²) in [6.07, 6.45) is -3.93. The molecule has 0 saturated heterocycles.